The minimum Gasteiger partial charge on any atom is -0.497 e. The molecule has 198 valence electrons. The highest BCUT2D eigenvalue weighted by Gasteiger charge is 2.33. The van der Waals surface area contributed by atoms with Gasteiger partial charge in [-0.25, -0.2) is 4.98 Å². The number of benzene rings is 1. The van der Waals surface area contributed by atoms with Crippen LogP contribution in [0.3, 0.4) is 0 Å². The molecule has 1 atom stereocenters. The van der Waals surface area contributed by atoms with E-state index in [4.69, 9.17) is 16.3 Å². The van der Waals surface area contributed by atoms with Crippen LogP contribution in [-0.4, -0.2) is 46.5 Å². The first-order valence-corrected chi connectivity index (χ1v) is 13.2. The maximum atomic E-state index is 13.0. The predicted octanol–water partition coefficient (Wildman–Crippen LogP) is 6.18. The SMILES string of the molecule is COc1cc(Cl)cc(C(=O)Nc2cnc3c(c(C4CCN(C(=O)[C@H](C)C(C)(C)C)CC4)cn3C)c2C)c1. The maximum Gasteiger partial charge on any atom is 0.255 e. The van der Waals surface area contributed by atoms with Gasteiger partial charge in [-0.3, -0.25) is 9.59 Å². The van der Waals surface area contributed by atoms with Crippen molar-refractivity contribution in [1.29, 1.82) is 0 Å². The Labute approximate surface area is 224 Å². The van der Waals surface area contributed by atoms with Crippen molar-refractivity contribution in [2.45, 2.75) is 53.4 Å². The third-order valence-corrected chi connectivity index (χ3v) is 8.03. The first-order chi connectivity index (χ1) is 17.4. The number of aromatic nitrogens is 2. The highest BCUT2D eigenvalue weighted by molar-refractivity contribution is 6.31. The van der Waals surface area contributed by atoms with Gasteiger partial charge in [-0.2, -0.15) is 0 Å². The zero-order valence-electron chi connectivity index (χ0n) is 22.8. The van der Waals surface area contributed by atoms with E-state index in [0.717, 1.165) is 42.5 Å². The van der Waals surface area contributed by atoms with Crippen molar-refractivity contribution in [2.75, 3.05) is 25.5 Å². The van der Waals surface area contributed by atoms with Crippen LogP contribution in [0.15, 0.2) is 30.6 Å². The molecule has 1 aliphatic heterocycles. The Bertz CT molecular complexity index is 1330. The van der Waals surface area contributed by atoms with E-state index in [0.29, 0.717) is 27.9 Å². The first kappa shape index (κ1) is 27.0. The lowest BCUT2D eigenvalue weighted by Gasteiger charge is -2.37. The van der Waals surface area contributed by atoms with Gasteiger partial charge >= 0.3 is 0 Å². The summed E-state index contributed by atoms with van der Waals surface area (Å²) in [6.07, 6.45) is 5.66. The predicted molar refractivity (Wildman–Crippen MR) is 149 cm³/mol. The van der Waals surface area contributed by atoms with Gasteiger partial charge in [-0.05, 0) is 60.4 Å². The van der Waals surface area contributed by atoms with Crippen LogP contribution in [0.4, 0.5) is 5.69 Å². The van der Waals surface area contributed by atoms with Crippen LogP contribution in [0, 0.1) is 18.3 Å². The highest BCUT2D eigenvalue weighted by Crippen LogP contribution is 2.38. The molecule has 1 saturated heterocycles. The molecule has 8 heteroatoms. The zero-order valence-corrected chi connectivity index (χ0v) is 23.6. The van der Waals surface area contributed by atoms with Gasteiger partial charge in [-0.15, -0.1) is 0 Å². The van der Waals surface area contributed by atoms with Crippen LogP contribution in [0.2, 0.25) is 5.02 Å². The Balaban J connectivity index is 1.57. The quantitative estimate of drug-likeness (QED) is 0.432. The van der Waals surface area contributed by atoms with Gasteiger partial charge in [0.25, 0.3) is 5.91 Å². The molecule has 3 heterocycles. The number of anilines is 1. The molecule has 1 N–H and O–H groups in total. The van der Waals surface area contributed by atoms with E-state index in [1.165, 1.54) is 12.7 Å². The van der Waals surface area contributed by atoms with Gasteiger partial charge in [0, 0.05) is 48.2 Å². The fourth-order valence-electron chi connectivity index (χ4n) is 5.03. The minimum atomic E-state index is -0.276. The van der Waals surface area contributed by atoms with Crippen LogP contribution < -0.4 is 10.1 Å². The molecule has 0 radical (unpaired) electrons. The number of piperidine rings is 1. The van der Waals surface area contributed by atoms with Gasteiger partial charge in [0.05, 0.1) is 19.0 Å². The smallest absolute Gasteiger partial charge is 0.255 e. The third-order valence-electron chi connectivity index (χ3n) is 7.81. The maximum absolute atomic E-state index is 13.0. The number of rotatable bonds is 5. The molecule has 1 aromatic carbocycles. The number of halogens is 1. The Kier molecular flexibility index (Phi) is 7.56. The van der Waals surface area contributed by atoms with Gasteiger partial charge in [0.2, 0.25) is 5.91 Å². The van der Waals surface area contributed by atoms with Crippen LogP contribution in [-0.2, 0) is 11.8 Å². The lowest BCUT2D eigenvalue weighted by Crippen LogP contribution is -2.43. The molecule has 1 aliphatic rings. The van der Waals surface area contributed by atoms with E-state index >= 15 is 0 Å². The monoisotopic (exact) mass is 524 g/mol. The summed E-state index contributed by atoms with van der Waals surface area (Å²) in [6, 6.07) is 4.94. The molecule has 2 aromatic heterocycles. The van der Waals surface area contributed by atoms with E-state index in [1.54, 1.807) is 24.4 Å². The molecule has 0 aliphatic carbocycles. The number of likely N-dealkylation sites (tertiary alicyclic amines) is 1. The highest BCUT2D eigenvalue weighted by atomic mass is 35.5. The number of methoxy groups -OCH3 is 1. The number of nitrogens with one attached hydrogen (secondary N) is 1. The number of hydrogen-bond acceptors (Lipinski definition) is 4. The molecule has 0 bridgehead atoms. The van der Waals surface area contributed by atoms with Gasteiger partial charge in [0.1, 0.15) is 11.4 Å². The van der Waals surface area contributed by atoms with Crippen molar-refractivity contribution < 1.29 is 14.3 Å². The topological polar surface area (TPSA) is 76.5 Å². The average molecular weight is 525 g/mol. The van der Waals surface area contributed by atoms with Gasteiger partial charge in [0.15, 0.2) is 0 Å². The molecule has 0 unspecified atom stereocenters. The Hall–Kier alpha value is -3.06. The lowest BCUT2D eigenvalue weighted by molar-refractivity contribution is -0.139. The molecule has 37 heavy (non-hydrogen) atoms. The van der Waals surface area contributed by atoms with Crippen LogP contribution >= 0.6 is 11.6 Å². The number of aryl methyl sites for hydroxylation is 2. The van der Waals surface area contributed by atoms with Crippen LogP contribution in [0.5, 0.6) is 5.75 Å². The van der Waals surface area contributed by atoms with Gasteiger partial charge < -0.3 is 19.5 Å². The summed E-state index contributed by atoms with van der Waals surface area (Å²) in [4.78, 5) is 32.8. The molecule has 0 saturated carbocycles. The number of carbonyl (C=O) groups is 2. The largest absolute Gasteiger partial charge is 0.497 e. The second-order valence-electron chi connectivity index (χ2n) is 11.2. The van der Waals surface area contributed by atoms with Crippen molar-refractivity contribution in [3.8, 4) is 5.75 Å². The fourth-order valence-corrected chi connectivity index (χ4v) is 5.26. The van der Waals surface area contributed by atoms with Crippen molar-refractivity contribution >= 4 is 40.1 Å². The standard InChI is InChI=1S/C29H37ClN4O3/c1-17-24(32-27(35)20-12-21(30)14-22(13-20)37-7)15-31-26-25(17)23(16-33(26)6)19-8-10-34(11-9-19)28(36)18(2)29(3,4)5/h12-16,18-19H,8-11H2,1-7H3,(H,32,35)/t18-/m0/s1. The van der Waals surface area contributed by atoms with Crippen LogP contribution in [0.1, 0.15) is 67.9 Å². The summed E-state index contributed by atoms with van der Waals surface area (Å²) in [6.45, 7) is 11.9. The van der Waals surface area contributed by atoms with Crippen molar-refractivity contribution in [2.24, 2.45) is 18.4 Å². The second kappa shape index (κ2) is 10.4. The number of pyridine rings is 1. The lowest BCUT2D eigenvalue weighted by atomic mass is 9.80. The molecular formula is C29H37ClN4O3. The van der Waals surface area contributed by atoms with Gasteiger partial charge in [-0.1, -0.05) is 39.3 Å². The molecule has 1 fully saturated rings. The Morgan fingerprint density at radius 3 is 2.49 bits per heavy atom. The molecule has 0 spiro atoms. The molecule has 2 amide bonds. The summed E-state index contributed by atoms with van der Waals surface area (Å²) in [5, 5.41) is 4.51. The normalized spacial score (nSPS) is 15.6. The number of carbonyl (C=O) groups excluding carboxylic acids is 2. The molecule has 7 nitrogen and oxygen atoms in total. The molecular weight excluding hydrogens is 488 g/mol. The summed E-state index contributed by atoms with van der Waals surface area (Å²) in [7, 11) is 3.54. The van der Waals surface area contributed by atoms with Crippen molar-refractivity contribution in [3.63, 3.8) is 0 Å². The summed E-state index contributed by atoms with van der Waals surface area (Å²) in [5.74, 6) is 0.793. The van der Waals surface area contributed by atoms with E-state index < -0.39 is 0 Å². The average Bonchev–Trinajstić information content (AvgIpc) is 3.20. The van der Waals surface area contributed by atoms with Crippen LogP contribution in [0.25, 0.3) is 11.0 Å². The molecule has 4 rings (SSSR count). The minimum absolute atomic E-state index is 0.0151. The van der Waals surface area contributed by atoms with E-state index in [9.17, 15) is 9.59 Å². The Morgan fingerprint density at radius 2 is 1.86 bits per heavy atom. The van der Waals surface area contributed by atoms with Crippen molar-refractivity contribution in [1.82, 2.24) is 14.5 Å². The second-order valence-corrected chi connectivity index (χ2v) is 11.6. The first-order valence-electron chi connectivity index (χ1n) is 12.8. The van der Waals surface area contributed by atoms with E-state index in [-0.39, 0.29) is 23.1 Å². The Morgan fingerprint density at radius 1 is 1.19 bits per heavy atom. The van der Waals surface area contributed by atoms with E-state index in [2.05, 4.69) is 37.3 Å². The summed E-state index contributed by atoms with van der Waals surface area (Å²) in [5.41, 5.74) is 4.11. The number of nitrogens with zero attached hydrogens (tertiary/aromatic N) is 3. The number of amides is 2. The summed E-state index contributed by atoms with van der Waals surface area (Å²) < 4.78 is 7.30. The fraction of sp³-hybridized carbons (Fsp3) is 0.483. The third kappa shape index (κ3) is 5.47. The number of ether oxygens (including phenoxy) is 1. The summed E-state index contributed by atoms with van der Waals surface area (Å²) >= 11 is 6.16. The van der Waals surface area contributed by atoms with Crippen molar-refractivity contribution in [3.05, 3.63) is 52.3 Å². The molecule has 3 aromatic rings. The number of hydrogen-bond donors (Lipinski definition) is 1. The van der Waals surface area contributed by atoms with E-state index in [1.807, 2.05) is 30.4 Å². The zero-order chi connectivity index (χ0) is 27.1. The number of fused-ring (bicyclic) bond motifs is 1.